The van der Waals surface area contributed by atoms with E-state index in [1.807, 2.05) is 25.1 Å². The Labute approximate surface area is 114 Å². The van der Waals surface area contributed by atoms with Crippen LogP contribution >= 0.6 is 0 Å². The zero-order chi connectivity index (χ0) is 13.8. The molecule has 1 unspecified atom stereocenters. The van der Waals surface area contributed by atoms with Gasteiger partial charge in [-0.1, -0.05) is 6.07 Å². The molecule has 1 aromatic carbocycles. The van der Waals surface area contributed by atoms with Crippen LogP contribution in [0.2, 0.25) is 0 Å². The summed E-state index contributed by atoms with van der Waals surface area (Å²) in [5.41, 5.74) is 1.75. The lowest BCUT2D eigenvalue weighted by molar-refractivity contribution is 0.00198. The smallest absolute Gasteiger partial charge is 0.180 e. The fraction of sp³-hybridized carbons (Fsp3) is 0.533. The minimum Gasteiger partial charge on any atom is -0.496 e. The summed E-state index contributed by atoms with van der Waals surface area (Å²) in [6.45, 7) is 6.69. The second-order valence-corrected chi connectivity index (χ2v) is 5.02. The Bertz CT molecular complexity index is 459. The second kappa shape index (κ2) is 6.17. The molecule has 0 aliphatic carbocycles. The van der Waals surface area contributed by atoms with Crippen LogP contribution in [-0.2, 0) is 4.74 Å². The van der Waals surface area contributed by atoms with Crippen molar-refractivity contribution in [2.45, 2.75) is 19.9 Å². The number of Topliss-reactive ketones (excluding diaryl/α,β-unsaturated/α-hetero) is 1. The van der Waals surface area contributed by atoms with Gasteiger partial charge >= 0.3 is 0 Å². The topological polar surface area (TPSA) is 38.8 Å². The molecule has 4 heteroatoms. The number of methoxy groups -OCH3 is 1. The minimum atomic E-state index is 0.102. The number of ketones is 1. The Hall–Kier alpha value is -1.39. The molecule has 2 rings (SSSR count). The summed E-state index contributed by atoms with van der Waals surface area (Å²) >= 11 is 0. The van der Waals surface area contributed by atoms with E-state index in [-0.39, 0.29) is 11.8 Å². The van der Waals surface area contributed by atoms with E-state index < -0.39 is 0 Å². The van der Waals surface area contributed by atoms with Crippen LogP contribution in [0.4, 0.5) is 0 Å². The number of morpholine rings is 1. The van der Waals surface area contributed by atoms with Crippen LogP contribution in [0.15, 0.2) is 18.2 Å². The summed E-state index contributed by atoms with van der Waals surface area (Å²) < 4.78 is 10.7. The molecular weight excluding hydrogens is 242 g/mol. The molecule has 19 heavy (non-hydrogen) atoms. The van der Waals surface area contributed by atoms with Gasteiger partial charge in [0.05, 0.1) is 32.4 Å². The molecule has 0 saturated carbocycles. The lowest BCUT2D eigenvalue weighted by Gasteiger charge is -2.32. The Morgan fingerprint density at radius 2 is 2.32 bits per heavy atom. The van der Waals surface area contributed by atoms with Crippen LogP contribution in [-0.4, -0.2) is 50.1 Å². The lowest BCUT2D eigenvalue weighted by atomic mass is 10.1. The van der Waals surface area contributed by atoms with E-state index in [2.05, 4.69) is 11.8 Å². The first kappa shape index (κ1) is 14.0. The van der Waals surface area contributed by atoms with E-state index in [1.165, 1.54) is 0 Å². The summed E-state index contributed by atoms with van der Waals surface area (Å²) in [5.74, 6) is 0.761. The highest BCUT2D eigenvalue weighted by Gasteiger charge is 2.23. The largest absolute Gasteiger partial charge is 0.496 e. The monoisotopic (exact) mass is 263 g/mol. The summed E-state index contributed by atoms with van der Waals surface area (Å²) in [7, 11) is 1.60. The molecule has 104 valence electrons. The Morgan fingerprint density at radius 3 is 3.00 bits per heavy atom. The van der Waals surface area contributed by atoms with E-state index in [4.69, 9.17) is 9.47 Å². The highest BCUT2D eigenvalue weighted by atomic mass is 16.5. The molecule has 1 atom stereocenters. The van der Waals surface area contributed by atoms with E-state index in [9.17, 15) is 4.79 Å². The zero-order valence-electron chi connectivity index (χ0n) is 11.8. The average Bonchev–Trinajstić information content (AvgIpc) is 2.41. The summed E-state index contributed by atoms with van der Waals surface area (Å²) in [6.07, 6.45) is 0. The van der Waals surface area contributed by atoms with Gasteiger partial charge < -0.3 is 9.47 Å². The van der Waals surface area contributed by atoms with Gasteiger partial charge in [0.15, 0.2) is 5.78 Å². The molecule has 1 aliphatic rings. The molecule has 0 spiro atoms. The molecule has 4 nitrogen and oxygen atoms in total. The number of rotatable bonds is 4. The maximum absolute atomic E-state index is 12.4. The van der Waals surface area contributed by atoms with Gasteiger partial charge in [-0.3, -0.25) is 9.69 Å². The van der Waals surface area contributed by atoms with Crippen molar-refractivity contribution in [1.82, 2.24) is 4.90 Å². The molecule has 1 heterocycles. The third kappa shape index (κ3) is 3.33. The number of aryl methyl sites for hydroxylation is 1. The van der Waals surface area contributed by atoms with Gasteiger partial charge in [-0.15, -0.1) is 0 Å². The first-order valence-corrected chi connectivity index (χ1v) is 6.61. The molecule has 1 fully saturated rings. The van der Waals surface area contributed by atoms with Crippen LogP contribution in [0.5, 0.6) is 5.75 Å². The Kier molecular flexibility index (Phi) is 4.56. The Balaban J connectivity index is 2.11. The molecule has 1 saturated heterocycles. The zero-order valence-corrected chi connectivity index (χ0v) is 11.8. The summed E-state index contributed by atoms with van der Waals surface area (Å²) in [5, 5.41) is 0. The molecule has 0 aromatic heterocycles. The number of hydrogen-bond acceptors (Lipinski definition) is 4. The fourth-order valence-electron chi connectivity index (χ4n) is 2.29. The van der Waals surface area contributed by atoms with Crippen molar-refractivity contribution in [1.29, 1.82) is 0 Å². The van der Waals surface area contributed by atoms with Crippen molar-refractivity contribution >= 4 is 5.78 Å². The third-order valence-corrected chi connectivity index (χ3v) is 3.51. The fourth-order valence-corrected chi connectivity index (χ4v) is 2.29. The van der Waals surface area contributed by atoms with Crippen LogP contribution in [0.3, 0.4) is 0 Å². The van der Waals surface area contributed by atoms with Crippen molar-refractivity contribution < 1.29 is 14.3 Å². The van der Waals surface area contributed by atoms with Gasteiger partial charge in [-0.05, 0) is 31.5 Å². The van der Waals surface area contributed by atoms with Crippen LogP contribution < -0.4 is 4.74 Å². The minimum absolute atomic E-state index is 0.102. The van der Waals surface area contributed by atoms with Crippen LogP contribution in [0, 0.1) is 6.92 Å². The van der Waals surface area contributed by atoms with Crippen molar-refractivity contribution in [2.75, 3.05) is 33.4 Å². The lowest BCUT2D eigenvalue weighted by Crippen LogP contribution is -2.46. The van der Waals surface area contributed by atoms with Gasteiger partial charge in [0.2, 0.25) is 0 Å². The van der Waals surface area contributed by atoms with E-state index >= 15 is 0 Å². The first-order chi connectivity index (χ1) is 9.11. The van der Waals surface area contributed by atoms with Crippen LogP contribution in [0.1, 0.15) is 22.8 Å². The number of carbonyl (C=O) groups is 1. The second-order valence-electron chi connectivity index (χ2n) is 5.02. The van der Waals surface area contributed by atoms with Gasteiger partial charge in [-0.2, -0.15) is 0 Å². The molecule has 1 aliphatic heterocycles. The molecule has 0 N–H and O–H groups in total. The van der Waals surface area contributed by atoms with E-state index in [0.717, 1.165) is 12.1 Å². The first-order valence-electron chi connectivity index (χ1n) is 6.61. The maximum Gasteiger partial charge on any atom is 0.180 e. The van der Waals surface area contributed by atoms with Crippen molar-refractivity contribution in [3.05, 3.63) is 29.3 Å². The predicted octanol–water partition coefficient (Wildman–Crippen LogP) is 1.91. The highest BCUT2D eigenvalue weighted by Crippen LogP contribution is 2.21. The summed E-state index contributed by atoms with van der Waals surface area (Å²) in [6, 6.07) is 5.98. The molecule has 0 radical (unpaired) electrons. The van der Waals surface area contributed by atoms with Crippen LogP contribution in [0.25, 0.3) is 0 Å². The van der Waals surface area contributed by atoms with Crippen molar-refractivity contribution in [2.24, 2.45) is 0 Å². The van der Waals surface area contributed by atoms with Crippen molar-refractivity contribution in [3.8, 4) is 5.75 Å². The number of carbonyl (C=O) groups excluding carboxylic acids is 1. The van der Waals surface area contributed by atoms with Gasteiger partial charge in [-0.25, -0.2) is 0 Å². The van der Waals surface area contributed by atoms with Gasteiger partial charge in [0, 0.05) is 12.6 Å². The molecular formula is C15H21NO3. The molecule has 0 amide bonds. The maximum atomic E-state index is 12.4. The van der Waals surface area contributed by atoms with Gasteiger partial charge in [0.1, 0.15) is 5.75 Å². The number of benzene rings is 1. The Morgan fingerprint density at radius 1 is 1.53 bits per heavy atom. The highest BCUT2D eigenvalue weighted by molar-refractivity contribution is 6.00. The van der Waals surface area contributed by atoms with E-state index in [1.54, 1.807) is 7.11 Å². The predicted molar refractivity (Wildman–Crippen MR) is 73.9 cm³/mol. The standard InChI is InChI=1S/C15H21NO3/c1-11-4-5-13(15(8-11)18-3)14(17)9-16-6-7-19-10-12(16)2/h4-5,8,12H,6-7,9-10H2,1-3H3. The van der Waals surface area contributed by atoms with Gasteiger partial charge in [0.25, 0.3) is 0 Å². The molecule has 1 aromatic rings. The average molecular weight is 263 g/mol. The number of nitrogens with zero attached hydrogens (tertiary/aromatic N) is 1. The normalized spacial score (nSPS) is 20.3. The third-order valence-electron chi connectivity index (χ3n) is 3.51. The SMILES string of the molecule is COc1cc(C)ccc1C(=O)CN1CCOCC1C. The summed E-state index contributed by atoms with van der Waals surface area (Å²) in [4.78, 5) is 14.5. The molecule has 0 bridgehead atoms. The number of ether oxygens (including phenoxy) is 2. The van der Waals surface area contributed by atoms with E-state index in [0.29, 0.717) is 31.1 Å². The quantitative estimate of drug-likeness (QED) is 0.778. The number of hydrogen-bond donors (Lipinski definition) is 0. The van der Waals surface area contributed by atoms with Crippen molar-refractivity contribution in [3.63, 3.8) is 0 Å².